The summed E-state index contributed by atoms with van der Waals surface area (Å²) in [5.41, 5.74) is 19.0. The first kappa shape index (κ1) is 56.8. The molecule has 2 aromatic heterocycles. The molecule has 0 aliphatic carbocycles. The van der Waals surface area contributed by atoms with E-state index in [1.807, 2.05) is 18.2 Å². The number of imidazole rings is 1. The number of fused-ring (bicyclic) bond motifs is 1. The predicted octanol–water partition coefficient (Wildman–Crippen LogP) is -3.72. The summed E-state index contributed by atoms with van der Waals surface area (Å²) in [4.78, 5) is 148. The number of para-hydroxylation sites is 1. The van der Waals surface area contributed by atoms with Gasteiger partial charge in [-0.25, -0.2) is 9.78 Å². The largest absolute Gasteiger partial charge is 0.370 e. The van der Waals surface area contributed by atoms with E-state index in [0.29, 0.717) is 21.7 Å². The maximum atomic E-state index is 14.6. The first-order valence-corrected chi connectivity index (χ1v) is 24.5. The summed E-state index contributed by atoms with van der Waals surface area (Å²) >= 11 is 8.27. The van der Waals surface area contributed by atoms with Crippen LogP contribution >= 0.6 is 25.3 Å². The first-order valence-electron chi connectivity index (χ1n) is 23.2. The van der Waals surface area contributed by atoms with Crippen molar-refractivity contribution >= 4 is 101 Å². The van der Waals surface area contributed by atoms with E-state index >= 15 is 0 Å². The molecule has 28 heteroatoms. The normalized spacial score (nSPS) is 14.9. The van der Waals surface area contributed by atoms with Crippen molar-refractivity contribution in [3.63, 3.8) is 0 Å². The summed E-state index contributed by atoms with van der Waals surface area (Å²) < 4.78 is 0. The average Bonchev–Trinajstić information content (AvgIpc) is 4.13. The maximum Gasteiger partial charge on any atom is 0.325 e. The van der Waals surface area contributed by atoms with Gasteiger partial charge in [-0.2, -0.15) is 25.3 Å². The Labute approximate surface area is 434 Å². The molecule has 0 saturated carbocycles. The number of thiol groups is 2. The Bertz CT molecular complexity index is 2670. The molecule has 3 heterocycles. The van der Waals surface area contributed by atoms with Crippen LogP contribution in [-0.2, 0) is 62.4 Å². The predicted molar refractivity (Wildman–Crippen MR) is 276 cm³/mol. The van der Waals surface area contributed by atoms with E-state index in [1.54, 1.807) is 42.6 Å². The second-order valence-corrected chi connectivity index (χ2v) is 17.8. The van der Waals surface area contributed by atoms with Gasteiger partial charge in [0.25, 0.3) is 5.91 Å². The Kier molecular flexibility index (Phi) is 21.2. The topological polar surface area (TPSA) is 405 Å². The quantitative estimate of drug-likeness (QED) is 0.00857. The van der Waals surface area contributed by atoms with Crippen LogP contribution in [0.15, 0.2) is 78.3 Å². The molecule has 0 spiro atoms. The smallest absolute Gasteiger partial charge is 0.325 e. The Hall–Kier alpha value is -8.14. The molecular formula is C46H60N16O10S2. The number of nitrogens with zero attached hydrogens (tertiary/aromatic N) is 3. The van der Waals surface area contributed by atoms with Crippen molar-refractivity contribution in [2.24, 2.45) is 22.2 Å². The van der Waals surface area contributed by atoms with Gasteiger partial charge in [-0.1, -0.05) is 48.5 Å². The number of carbonyl (C=O) groups is 10. The minimum absolute atomic E-state index is 0.0480. The Morgan fingerprint density at radius 2 is 1.27 bits per heavy atom. The molecule has 16 N–H and O–H groups in total. The van der Waals surface area contributed by atoms with Gasteiger partial charge in [0.1, 0.15) is 48.8 Å². The number of hydrogen-bond donors (Lipinski definition) is 15. The number of aromatic nitrogens is 3. The number of H-pyrrole nitrogens is 2. The molecule has 1 aliphatic rings. The standard InChI is InChI=1S/C46H60N16O10S2/c1-24(55-44(71)35(22-74)56-36(63)20-62-37(64)19-53-46(62)72)39(66)58-33(16-27-18-50-23-54-27)43(70)59-31(14-25-8-3-2-4-9-25)41(68)57-30(12-7-13-51-45(48)49)40(67)60-32(42(69)61-34(21-73)38(47)65)15-26-17-52-29-11-6-5-10-28(26)29/h2-6,8-11,17-18,23-24,30-35,52,73-74H,7,12-16,19-22H2,1H3,(H2,47,65)(H,50,54)(H,53,72)(H,55,71)(H,56,63)(H,57,68)(H,58,66)(H,59,70)(H,60,67)(H,61,69)(H4,48,49,51). The van der Waals surface area contributed by atoms with Gasteiger partial charge in [0.2, 0.25) is 47.3 Å². The van der Waals surface area contributed by atoms with Gasteiger partial charge < -0.3 is 69.7 Å². The third-order valence-corrected chi connectivity index (χ3v) is 12.2. The summed E-state index contributed by atoms with van der Waals surface area (Å²) in [6, 6.07) is 5.76. The molecule has 1 aliphatic heterocycles. The van der Waals surface area contributed by atoms with E-state index < -0.39 is 108 Å². The van der Waals surface area contributed by atoms with Gasteiger partial charge in [0.15, 0.2) is 5.96 Å². The third kappa shape index (κ3) is 16.7. The number of rotatable bonds is 28. The van der Waals surface area contributed by atoms with Gasteiger partial charge in [-0.15, -0.1) is 0 Å². The van der Waals surface area contributed by atoms with Crippen LogP contribution in [0.2, 0.25) is 0 Å². The van der Waals surface area contributed by atoms with Crippen LogP contribution < -0.4 is 59.7 Å². The molecule has 1 fully saturated rings. The summed E-state index contributed by atoms with van der Waals surface area (Å²) in [7, 11) is 0. The highest BCUT2D eigenvalue weighted by molar-refractivity contribution is 7.80. The molecule has 2 aromatic carbocycles. The lowest BCUT2D eigenvalue weighted by molar-refractivity contribution is -0.135. The molecule has 7 atom stereocenters. The molecule has 11 amide bonds. The molecular weight excluding hydrogens is 1000 g/mol. The number of nitrogens with one attached hydrogen (secondary N) is 10. The van der Waals surface area contributed by atoms with Crippen LogP contribution in [0.1, 0.15) is 36.6 Å². The van der Waals surface area contributed by atoms with Crippen LogP contribution in [0.5, 0.6) is 0 Å². The van der Waals surface area contributed by atoms with Gasteiger partial charge in [0.05, 0.1) is 12.9 Å². The molecule has 7 unspecified atom stereocenters. The highest BCUT2D eigenvalue weighted by atomic mass is 32.1. The fraction of sp³-hybridized carbons (Fsp3) is 0.391. The maximum absolute atomic E-state index is 14.6. The van der Waals surface area contributed by atoms with E-state index in [2.05, 4.69) is 87.7 Å². The van der Waals surface area contributed by atoms with Gasteiger partial charge in [0, 0.05) is 66.3 Å². The zero-order valence-corrected chi connectivity index (χ0v) is 41.9. The lowest BCUT2D eigenvalue weighted by atomic mass is 10.0. The number of primary amides is 1. The van der Waals surface area contributed by atoms with Gasteiger partial charge in [-0.3, -0.25) is 53.0 Å². The van der Waals surface area contributed by atoms with E-state index in [0.717, 1.165) is 10.9 Å². The second-order valence-electron chi connectivity index (χ2n) is 17.0. The number of benzene rings is 2. The van der Waals surface area contributed by atoms with Crippen molar-refractivity contribution in [2.45, 2.75) is 81.3 Å². The molecule has 26 nitrogen and oxygen atoms in total. The SMILES string of the molecule is CC(NC(=O)C(CS)NC(=O)CN1C(=O)CNC1=O)C(=O)NC(Cc1cnc[nH]1)C(=O)NC(Cc1ccccc1)C(=O)NC(CCCN=C(N)N)C(=O)NC(Cc1c[nH]c2ccccc12)C(=O)NC(CS)C(N)=O. The Morgan fingerprint density at radius 3 is 1.88 bits per heavy atom. The summed E-state index contributed by atoms with van der Waals surface area (Å²) in [5, 5.41) is 21.2. The monoisotopic (exact) mass is 1060 g/mol. The van der Waals surface area contributed by atoms with E-state index in [9.17, 15) is 47.9 Å². The zero-order valence-electron chi connectivity index (χ0n) is 40.1. The summed E-state index contributed by atoms with van der Waals surface area (Å²) in [6.07, 6.45) is 4.15. The number of imide groups is 1. The van der Waals surface area contributed by atoms with E-state index in [-0.39, 0.29) is 62.7 Å². The molecule has 396 valence electrons. The minimum Gasteiger partial charge on any atom is -0.370 e. The lowest BCUT2D eigenvalue weighted by Crippen LogP contribution is -2.60. The van der Waals surface area contributed by atoms with Crippen LogP contribution in [0.25, 0.3) is 10.9 Å². The number of amides is 11. The fourth-order valence-corrected chi connectivity index (χ4v) is 8.08. The minimum atomic E-state index is -1.41. The van der Waals surface area contributed by atoms with Crippen LogP contribution in [-0.4, -0.2) is 158 Å². The summed E-state index contributed by atoms with van der Waals surface area (Å²) in [6.45, 7) is 0.418. The molecule has 4 aromatic rings. The zero-order chi connectivity index (χ0) is 53.9. The molecule has 0 radical (unpaired) electrons. The van der Waals surface area contributed by atoms with Crippen molar-refractivity contribution in [1.29, 1.82) is 0 Å². The van der Waals surface area contributed by atoms with Gasteiger partial charge >= 0.3 is 6.03 Å². The van der Waals surface area contributed by atoms with E-state index in [1.165, 1.54) is 19.4 Å². The van der Waals surface area contributed by atoms with Crippen molar-refractivity contribution < 1.29 is 47.9 Å². The van der Waals surface area contributed by atoms with Crippen molar-refractivity contribution in [1.82, 2.24) is 62.4 Å². The molecule has 0 bridgehead atoms. The summed E-state index contributed by atoms with van der Waals surface area (Å²) in [5.74, 6) is -7.92. The third-order valence-electron chi connectivity index (χ3n) is 11.5. The van der Waals surface area contributed by atoms with Crippen LogP contribution in [0.4, 0.5) is 4.79 Å². The number of urea groups is 1. The first-order chi connectivity index (χ1) is 35.4. The fourth-order valence-electron chi connectivity index (χ4n) is 7.55. The molecule has 5 rings (SSSR count). The number of aromatic amines is 2. The Balaban J connectivity index is 1.36. The number of aliphatic imine (C=N–C) groups is 1. The van der Waals surface area contributed by atoms with Crippen LogP contribution in [0, 0.1) is 0 Å². The Morgan fingerprint density at radius 1 is 0.689 bits per heavy atom. The molecule has 74 heavy (non-hydrogen) atoms. The number of hydrogen-bond acceptors (Lipinski definition) is 14. The van der Waals surface area contributed by atoms with Crippen LogP contribution in [0.3, 0.4) is 0 Å². The highest BCUT2D eigenvalue weighted by Gasteiger charge is 2.35. The average molecular weight is 1060 g/mol. The number of carbonyl (C=O) groups excluding carboxylic acids is 10. The van der Waals surface area contributed by atoms with Crippen molar-refractivity contribution in [2.75, 3.05) is 31.1 Å². The van der Waals surface area contributed by atoms with Gasteiger partial charge in [-0.05, 0) is 37.0 Å². The van der Waals surface area contributed by atoms with Crippen molar-refractivity contribution in [3.05, 3.63) is 90.1 Å². The molecule has 1 saturated heterocycles. The van der Waals surface area contributed by atoms with Crippen molar-refractivity contribution in [3.8, 4) is 0 Å². The second kappa shape index (κ2) is 27.6. The number of guanidine groups is 1. The van der Waals surface area contributed by atoms with E-state index in [4.69, 9.17) is 17.2 Å². The lowest BCUT2D eigenvalue weighted by Gasteiger charge is -2.27. The highest BCUT2D eigenvalue weighted by Crippen LogP contribution is 2.20. The number of nitrogens with two attached hydrogens (primary N) is 3.